The number of carbonyl (C=O) groups is 1. The normalized spacial score (nSPS) is 10.8. The Kier molecular flexibility index (Phi) is 6.42. The summed E-state index contributed by atoms with van der Waals surface area (Å²) in [6.45, 7) is 4.06. The number of methoxy groups -OCH3 is 1. The van der Waals surface area contributed by atoms with E-state index < -0.39 is 0 Å². The first-order chi connectivity index (χ1) is 13.9. The molecule has 2 heterocycles. The van der Waals surface area contributed by atoms with Gasteiger partial charge in [-0.15, -0.1) is 10.2 Å². The van der Waals surface area contributed by atoms with E-state index in [4.69, 9.17) is 9.47 Å². The van der Waals surface area contributed by atoms with Gasteiger partial charge in [-0.05, 0) is 38.1 Å². The number of nitrogens with one attached hydrogen (secondary N) is 1. The van der Waals surface area contributed by atoms with Gasteiger partial charge in [0.1, 0.15) is 18.1 Å². The molecular weight excluding hydrogens is 392 g/mol. The van der Waals surface area contributed by atoms with Crippen molar-refractivity contribution in [3.63, 3.8) is 0 Å². The average Bonchev–Trinajstić information content (AvgIpc) is 3.18. The Hall–Kier alpha value is -3.01. The molecule has 10 heteroatoms. The van der Waals surface area contributed by atoms with Gasteiger partial charge in [0.05, 0.1) is 29.9 Å². The van der Waals surface area contributed by atoms with Crippen LogP contribution >= 0.6 is 11.8 Å². The molecule has 0 radical (unpaired) electrons. The highest BCUT2D eigenvalue weighted by Crippen LogP contribution is 2.21. The van der Waals surface area contributed by atoms with Crippen molar-refractivity contribution in [1.29, 1.82) is 0 Å². The molecule has 9 nitrogen and oxygen atoms in total. The third-order valence-electron chi connectivity index (χ3n) is 4.46. The lowest BCUT2D eigenvalue weighted by Crippen LogP contribution is -2.15. The predicted molar refractivity (Wildman–Crippen MR) is 110 cm³/mol. The van der Waals surface area contributed by atoms with Crippen molar-refractivity contribution in [1.82, 2.24) is 24.5 Å². The first-order valence-electron chi connectivity index (χ1n) is 8.97. The standard InChI is InChI=1S/C19H24N6O3S/c1-12-18(13(2)25(4)23-12)20-17(26)11-29-19-22-21-16(24(19)3)10-28-15-8-6-14(27-5)7-9-15/h6-9H,10-11H2,1-5H3,(H,20,26). The molecule has 0 unspecified atom stereocenters. The maximum absolute atomic E-state index is 12.3. The summed E-state index contributed by atoms with van der Waals surface area (Å²) in [6.07, 6.45) is 0. The van der Waals surface area contributed by atoms with Gasteiger partial charge < -0.3 is 19.4 Å². The molecule has 0 fully saturated rings. The highest BCUT2D eigenvalue weighted by molar-refractivity contribution is 7.99. The minimum atomic E-state index is -0.117. The van der Waals surface area contributed by atoms with Crippen LogP contribution in [0.1, 0.15) is 17.2 Å². The third kappa shape index (κ3) is 4.89. The van der Waals surface area contributed by atoms with Gasteiger partial charge in [0.25, 0.3) is 0 Å². The van der Waals surface area contributed by atoms with Crippen LogP contribution in [0.4, 0.5) is 5.69 Å². The van der Waals surface area contributed by atoms with Gasteiger partial charge >= 0.3 is 0 Å². The second kappa shape index (κ2) is 8.99. The molecule has 1 aromatic carbocycles. The molecule has 0 saturated carbocycles. The van der Waals surface area contributed by atoms with Crippen LogP contribution in [0.15, 0.2) is 29.4 Å². The summed E-state index contributed by atoms with van der Waals surface area (Å²) < 4.78 is 14.4. The molecule has 0 aliphatic rings. The van der Waals surface area contributed by atoms with Crippen molar-refractivity contribution < 1.29 is 14.3 Å². The zero-order valence-corrected chi connectivity index (χ0v) is 17.9. The first-order valence-corrected chi connectivity index (χ1v) is 9.95. The van der Waals surface area contributed by atoms with Gasteiger partial charge in [0.15, 0.2) is 11.0 Å². The summed E-state index contributed by atoms with van der Waals surface area (Å²) in [7, 11) is 5.32. The molecular formula is C19H24N6O3S. The minimum absolute atomic E-state index is 0.117. The number of aromatic nitrogens is 5. The molecule has 1 amide bonds. The van der Waals surface area contributed by atoms with Crippen molar-refractivity contribution in [2.75, 3.05) is 18.2 Å². The van der Waals surface area contributed by atoms with Crippen LogP contribution in [-0.4, -0.2) is 43.3 Å². The molecule has 0 saturated heterocycles. The van der Waals surface area contributed by atoms with Gasteiger partial charge in [0.2, 0.25) is 5.91 Å². The Labute approximate surface area is 173 Å². The van der Waals surface area contributed by atoms with Crippen molar-refractivity contribution in [2.45, 2.75) is 25.6 Å². The van der Waals surface area contributed by atoms with E-state index in [2.05, 4.69) is 20.6 Å². The smallest absolute Gasteiger partial charge is 0.234 e. The topological polar surface area (TPSA) is 96.1 Å². The lowest BCUT2D eigenvalue weighted by molar-refractivity contribution is -0.113. The van der Waals surface area contributed by atoms with Crippen LogP contribution < -0.4 is 14.8 Å². The monoisotopic (exact) mass is 416 g/mol. The minimum Gasteiger partial charge on any atom is -0.497 e. The fraction of sp³-hybridized carbons (Fsp3) is 0.368. The molecule has 0 aliphatic carbocycles. The Morgan fingerprint density at radius 3 is 2.45 bits per heavy atom. The van der Waals surface area contributed by atoms with Crippen molar-refractivity contribution in [2.24, 2.45) is 14.1 Å². The molecule has 0 aliphatic heterocycles. The van der Waals surface area contributed by atoms with Crippen molar-refractivity contribution in [3.8, 4) is 11.5 Å². The van der Waals surface area contributed by atoms with E-state index in [9.17, 15) is 4.79 Å². The van der Waals surface area contributed by atoms with E-state index in [-0.39, 0.29) is 18.3 Å². The summed E-state index contributed by atoms with van der Waals surface area (Å²) in [6, 6.07) is 7.32. The van der Waals surface area contributed by atoms with E-state index in [1.165, 1.54) is 11.8 Å². The Morgan fingerprint density at radius 2 is 1.83 bits per heavy atom. The van der Waals surface area contributed by atoms with Crippen LogP contribution in [0, 0.1) is 13.8 Å². The summed E-state index contributed by atoms with van der Waals surface area (Å²) in [4.78, 5) is 12.3. The van der Waals surface area contributed by atoms with Gasteiger partial charge in [-0.3, -0.25) is 9.48 Å². The maximum Gasteiger partial charge on any atom is 0.234 e. The van der Waals surface area contributed by atoms with E-state index >= 15 is 0 Å². The predicted octanol–water partition coefficient (Wildman–Crippen LogP) is 2.48. The highest BCUT2D eigenvalue weighted by Gasteiger charge is 2.15. The van der Waals surface area contributed by atoms with E-state index in [1.807, 2.05) is 56.8 Å². The number of nitrogens with zero attached hydrogens (tertiary/aromatic N) is 5. The molecule has 3 aromatic rings. The summed E-state index contributed by atoms with van der Waals surface area (Å²) in [5.41, 5.74) is 2.46. The fourth-order valence-electron chi connectivity index (χ4n) is 2.68. The summed E-state index contributed by atoms with van der Waals surface area (Å²) >= 11 is 1.32. The molecule has 0 bridgehead atoms. The van der Waals surface area contributed by atoms with Gasteiger partial charge in [0, 0.05) is 14.1 Å². The number of carbonyl (C=O) groups excluding carboxylic acids is 1. The number of anilines is 1. The molecule has 1 N–H and O–H groups in total. The average molecular weight is 417 g/mol. The van der Waals surface area contributed by atoms with E-state index in [1.54, 1.807) is 11.8 Å². The Bertz CT molecular complexity index is 996. The van der Waals surface area contributed by atoms with Crippen LogP contribution in [0.5, 0.6) is 11.5 Å². The van der Waals surface area contributed by atoms with Gasteiger partial charge in [-0.2, -0.15) is 5.10 Å². The largest absolute Gasteiger partial charge is 0.497 e. The summed E-state index contributed by atoms with van der Waals surface area (Å²) in [5.74, 6) is 2.25. The lowest BCUT2D eigenvalue weighted by atomic mass is 10.3. The zero-order chi connectivity index (χ0) is 21.0. The molecule has 0 spiro atoms. The number of rotatable bonds is 8. The van der Waals surface area contributed by atoms with Crippen molar-refractivity contribution in [3.05, 3.63) is 41.5 Å². The first kappa shape index (κ1) is 20.7. The van der Waals surface area contributed by atoms with Gasteiger partial charge in [-0.25, -0.2) is 0 Å². The van der Waals surface area contributed by atoms with Crippen LogP contribution in [0.2, 0.25) is 0 Å². The quantitative estimate of drug-likeness (QED) is 0.564. The Balaban J connectivity index is 1.54. The molecule has 0 atom stereocenters. The SMILES string of the molecule is COc1ccc(OCc2nnc(SCC(=O)Nc3c(C)nn(C)c3C)n2C)cc1. The third-order valence-corrected chi connectivity index (χ3v) is 5.48. The number of hydrogen-bond acceptors (Lipinski definition) is 7. The number of thioether (sulfide) groups is 1. The second-order valence-corrected chi connectivity index (χ2v) is 7.37. The number of ether oxygens (including phenoxy) is 2. The molecule has 154 valence electrons. The second-order valence-electron chi connectivity index (χ2n) is 6.43. The fourth-order valence-corrected chi connectivity index (χ4v) is 3.41. The number of amides is 1. The lowest BCUT2D eigenvalue weighted by Gasteiger charge is -2.08. The zero-order valence-electron chi connectivity index (χ0n) is 17.1. The van der Waals surface area contributed by atoms with Crippen LogP contribution in [0.3, 0.4) is 0 Å². The van der Waals surface area contributed by atoms with Crippen molar-refractivity contribution >= 4 is 23.4 Å². The number of aryl methyl sites for hydroxylation is 2. The number of hydrogen-bond donors (Lipinski definition) is 1. The van der Waals surface area contributed by atoms with E-state index in [0.717, 1.165) is 22.8 Å². The number of benzene rings is 1. The molecule has 29 heavy (non-hydrogen) atoms. The highest BCUT2D eigenvalue weighted by atomic mass is 32.2. The van der Waals surface area contributed by atoms with Gasteiger partial charge in [-0.1, -0.05) is 11.8 Å². The van der Waals surface area contributed by atoms with E-state index in [0.29, 0.717) is 16.7 Å². The Morgan fingerprint density at radius 1 is 1.14 bits per heavy atom. The van der Waals surface area contributed by atoms with Crippen LogP contribution in [-0.2, 0) is 25.5 Å². The van der Waals surface area contributed by atoms with Crippen LogP contribution in [0.25, 0.3) is 0 Å². The molecule has 2 aromatic heterocycles. The summed E-state index contributed by atoms with van der Waals surface area (Å²) in [5, 5.41) is 16.2. The maximum atomic E-state index is 12.3. The molecule has 3 rings (SSSR count).